The number of ketones is 1. The first-order valence-corrected chi connectivity index (χ1v) is 9.60. The van der Waals surface area contributed by atoms with Crippen LogP contribution in [-0.4, -0.2) is 59.8 Å². The van der Waals surface area contributed by atoms with Crippen LogP contribution in [0, 0.1) is 5.92 Å². The molecular weight excluding hydrogens is 498 g/mol. The molecule has 35 heavy (non-hydrogen) atoms. The first-order valence-electron chi connectivity index (χ1n) is 9.60. The van der Waals surface area contributed by atoms with Crippen molar-refractivity contribution in [3.8, 4) is 0 Å². The number of Topliss-reactive ketones (excluding diaryl/α,β-unsaturated/α-hetero) is 1. The van der Waals surface area contributed by atoms with Crippen LogP contribution in [0.1, 0.15) is 27.6 Å². The molecule has 1 aliphatic heterocycles. The average Bonchev–Trinajstić information content (AvgIpc) is 2.76. The van der Waals surface area contributed by atoms with E-state index in [0.717, 1.165) is 18.3 Å². The van der Waals surface area contributed by atoms with Gasteiger partial charge in [0.1, 0.15) is 5.69 Å². The number of hydrogen-bond acceptors (Lipinski definition) is 6. The molecule has 3 rings (SSSR count). The highest BCUT2D eigenvalue weighted by Gasteiger charge is 2.72. The van der Waals surface area contributed by atoms with E-state index in [0.29, 0.717) is 0 Å². The number of carbonyl (C=O) groups excluding carboxylic acids is 3. The molecule has 1 unspecified atom stereocenters. The number of rotatable bonds is 6. The molecule has 2 aromatic rings. The lowest BCUT2D eigenvalue weighted by atomic mass is 9.92. The van der Waals surface area contributed by atoms with Crippen molar-refractivity contribution in [2.45, 2.75) is 24.9 Å². The van der Waals surface area contributed by atoms with Gasteiger partial charge in [-0.1, -0.05) is 6.07 Å². The van der Waals surface area contributed by atoms with Gasteiger partial charge in [-0.25, -0.2) is 4.99 Å². The maximum atomic E-state index is 14.4. The van der Waals surface area contributed by atoms with Gasteiger partial charge in [-0.05, 0) is 19.1 Å². The van der Waals surface area contributed by atoms with Gasteiger partial charge < -0.3 is 10.1 Å². The Hall–Kier alpha value is -3.65. The van der Waals surface area contributed by atoms with E-state index in [1.54, 1.807) is 0 Å². The lowest BCUT2D eigenvalue weighted by Crippen LogP contribution is -2.56. The van der Waals surface area contributed by atoms with Crippen LogP contribution < -0.4 is 5.32 Å². The third-order valence-corrected chi connectivity index (χ3v) is 4.88. The van der Waals surface area contributed by atoms with Gasteiger partial charge in [-0.2, -0.15) is 35.1 Å². The molecule has 0 radical (unpaired) electrons. The van der Waals surface area contributed by atoms with Crippen molar-refractivity contribution in [1.82, 2.24) is 10.3 Å². The van der Waals surface area contributed by atoms with Crippen LogP contribution in [0.2, 0.25) is 0 Å². The Balaban J connectivity index is 1.88. The molecule has 0 aliphatic carbocycles. The van der Waals surface area contributed by atoms with E-state index in [9.17, 15) is 49.5 Å². The van der Waals surface area contributed by atoms with Crippen molar-refractivity contribution in [3.63, 3.8) is 0 Å². The molecule has 1 aromatic carbocycles. The molecule has 188 valence electrons. The van der Waals surface area contributed by atoms with E-state index in [2.05, 4.69) is 14.7 Å². The van der Waals surface area contributed by atoms with E-state index in [4.69, 9.17) is 0 Å². The summed E-state index contributed by atoms with van der Waals surface area (Å²) in [6.07, 6.45) is -5.82. The highest BCUT2D eigenvalue weighted by Crippen LogP contribution is 2.46. The number of carbonyl (C=O) groups is 3. The van der Waals surface area contributed by atoms with Crippen LogP contribution >= 0.6 is 0 Å². The summed E-state index contributed by atoms with van der Waals surface area (Å²) >= 11 is 0. The number of aromatic nitrogens is 1. The highest BCUT2D eigenvalue weighted by molar-refractivity contribution is 6.27. The highest BCUT2D eigenvalue weighted by atomic mass is 19.4. The van der Waals surface area contributed by atoms with Crippen LogP contribution in [0.5, 0.6) is 0 Å². The molecule has 2 heterocycles. The molecule has 0 fully saturated rings. The van der Waals surface area contributed by atoms with E-state index in [1.165, 1.54) is 18.3 Å². The lowest BCUT2D eigenvalue weighted by Gasteiger charge is -2.28. The number of esters is 1. The second-order valence-corrected chi connectivity index (χ2v) is 7.20. The Bertz CT molecular complexity index is 1240. The summed E-state index contributed by atoms with van der Waals surface area (Å²) in [6.45, 7) is -1.01. The fourth-order valence-corrected chi connectivity index (χ4v) is 3.10. The van der Waals surface area contributed by atoms with E-state index < -0.39 is 59.7 Å². The molecule has 1 aromatic heterocycles. The van der Waals surface area contributed by atoms with Crippen molar-refractivity contribution in [1.29, 1.82) is 0 Å². The lowest BCUT2D eigenvalue weighted by molar-refractivity contribution is -0.352. The minimum Gasteiger partial charge on any atom is -0.465 e. The van der Waals surface area contributed by atoms with E-state index in [-0.39, 0.29) is 28.8 Å². The molecule has 0 saturated heterocycles. The van der Waals surface area contributed by atoms with Crippen molar-refractivity contribution in [3.05, 3.63) is 35.5 Å². The van der Waals surface area contributed by atoms with Gasteiger partial charge in [0.15, 0.2) is 11.7 Å². The quantitative estimate of drug-likeness (QED) is 0.357. The number of benzene rings is 1. The van der Waals surface area contributed by atoms with Crippen molar-refractivity contribution < 1.29 is 54.2 Å². The third kappa shape index (κ3) is 4.53. The molecule has 15 heteroatoms. The maximum Gasteiger partial charge on any atom is 0.459 e. The number of nitrogens with one attached hydrogen (secondary N) is 1. The number of amides is 1. The second kappa shape index (κ2) is 8.85. The van der Waals surface area contributed by atoms with Crippen LogP contribution in [0.4, 0.5) is 40.8 Å². The molecule has 0 spiro atoms. The SMILES string of the molecule is CCOC(=O)C1C(=O)c2ccc3cc(C(=O)NCC(F)(F)C(F)(F)C(F)(F)F)cnc3c2N=C1F. The summed E-state index contributed by atoms with van der Waals surface area (Å²) in [7, 11) is 0. The zero-order valence-electron chi connectivity index (χ0n) is 17.4. The summed E-state index contributed by atoms with van der Waals surface area (Å²) in [5, 5.41) is 1.30. The zero-order chi connectivity index (χ0) is 26.3. The first kappa shape index (κ1) is 26.0. The van der Waals surface area contributed by atoms with Crippen molar-refractivity contribution in [2.24, 2.45) is 10.9 Å². The van der Waals surface area contributed by atoms with Gasteiger partial charge in [0.2, 0.25) is 5.97 Å². The van der Waals surface area contributed by atoms with Gasteiger partial charge >= 0.3 is 24.0 Å². The fourth-order valence-electron chi connectivity index (χ4n) is 3.10. The smallest absolute Gasteiger partial charge is 0.459 e. The Morgan fingerprint density at radius 3 is 2.37 bits per heavy atom. The fraction of sp³-hybridized carbons (Fsp3) is 0.350. The predicted molar refractivity (Wildman–Crippen MR) is 103 cm³/mol. The van der Waals surface area contributed by atoms with Crippen LogP contribution in [-0.2, 0) is 9.53 Å². The summed E-state index contributed by atoms with van der Waals surface area (Å²) < 4.78 is 108. The molecule has 0 bridgehead atoms. The molecule has 7 nitrogen and oxygen atoms in total. The number of pyridine rings is 1. The van der Waals surface area contributed by atoms with Crippen LogP contribution in [0.25, 0.3) is 10.9 Å². The molecular formula is C20H13F8N3O4. The standard InChI is InChI=1S/C20H13F8N3O4/c1-2-35-17(34)11-14(32)10-4-3-8-5-9(6-29-12(8)13(10)31-15(11)21)16(33)30-7-18(22,23)19(24,25)20(26,27)28/h3-6,11H,2,7H2,1H3,(H,30,33). The largest absolute Gasteiger partial charge is 0.465 e. The van der Waals surface area contributed by atoms with Crippen LogP contribution in [0.3, 0.4) is 0 Å². The number of halogens is 8. The number of hydrogen-bond donors (Lipinski definition) is 1. The molecule has 0 saturated carbocycles. The Kier molecular flexibility index (Phi) is 6.57. The average molecular weight is 511 g/mol. The Labute approximate surface area is 190 Å². The zero-order valence-corrected chi connectivity index (χ0v) is 17.4. The van der Waals surface area contributed by atoms with Gasteiger partial charge in [-0.3, -0.25) is 19.4 Å². The van der Waals surface area contributed by atoms with Gasteiger partial charge in [0.25, 0.3) is 5.91 Å². The summed E-state index contributed by atoms with van der Waals surface area (Å²) in [5.74, 6) is -18.9. The van der Waals surface area contributed by atoms with Gasteiger partial charge in [0.05, 0.1) is 24.2 Å². The van der Waals surface area contributed by atoms with E-state index >= 15 is 0 Å². The number of nitrogens with zero attached hydrogens (tertiary/aromatic N) is 2. The number of ether oxygens (including phenoxy) is 1. The Morgan fingerprint density at radius 2 is 1.77 bits per heavy atom. The third-order valence-electron chi connectivity index (χ3n) is 4.88. The number of alkyl halides is 7. The summed E-state index contributed by atoms with van der Waals surface area (Å²) in [6, 6.07) is 3.31. The van der Waals surface area contributed by atoms with Crippen molar-refractivity contribution in [2.75, 3.05) is 13.2 Å². The van der Waals surface area contributed by atoms with Gasteiger partial charge in [-0.15, -0.1) is 0 Å². The number of fused-ring (bicyclic) bond motifs is 3. The molecule has 1 atom stereocenters. The Morgan fingerprint density at radius 1 is 1.11 bits per heavy atom. The summed E-state index contributed by atoms with van der Waals surface area (Å²) in [5.41, 5.74) is -1.15. The van der Waals surface area contributed by atoms with Crippen LogP contribution in [0.15, 0.2) is 29.4 Å². The van der Waals surface area contributed by atoms with Gasteiger partial charge in [0, 0.05) is 17.1 Å². The molecule has 1 aliphatic rings. The minimum absolute atomic E-state index is 0.0164. The predicted octanol–water partition coefficient (Wildman–Crippen LogP) is 4.17. The topological polar surface area (TPSA) is 97.7 Å². The molecule has 1 N–H and O–H groups in total. The van der Waals surface area contributed by atoms with E-state index in [1.807, 2.05) is 0 Å². The minimum atomic E-state index is -6.55. The van der Waals surface area contributed by atoms with Crippen molar-refractivity contribution >= 4 is 40.2 Å². The second-order valence-electron chi connectivity index (χ2n) is 7.20. The maximum absolute atomic E-state index is 14.4. The number of aliphatic imine (C=N–C) groups is 1. The molecule has 1 amide bonds. The first-order chi connectivity index (χ1) is 16.1. The monoisotopic (exact) mass is 511 g/mol. The summed E-state index contributed by atoms with van der Waals surface area (Å²) in [4.78, 5) is 43.9. The normalized spacial score (nSPS) is 16.5.